The van der Waals surface area contributed by atoms with Gasteiger partial charge in [0, 0.05) is 10.6 Å². The van der Waals surface area contributed by atoms with Gasteiger partial charge in [0.2, 0.25) is 0 Å². The number of hydrogen-bond acceptors (Lipinski definition) is 3. The summed E-state index contributed by atoms with van der Waals surface area (Å²) in [5, 5.41) is 9.42. The van der Waals surface area contributed by atoms with Gasteiger partial charge < -0.3 is 9.84 Å². The lowest BCUT2D eigenvalue weighted by atomic mass is 10.1. The van der Waals surface area contributed by atoms with Gasteiger partial charge in [0.15, 0.2) is 6.10 Å². The third-order valence-electron chi connectivity index (χ3n) is 1.78. The lowest BCUT2D eigenvalue weighted by Gasteiger charge is -2.12. The second-order valence-corrected chi connectivity index (χ2v) is 3.94. The number of halogens is 3. The van der Waals surface area contributed by atoms with Crippen LogP contribution in [0.5, 0.6) is 0 Å². The van der Waals surface area contributed by atoms with E-state index in [2.05, 4.69) is 20.7 Å². The number of aliphatic hydroxyl groups is 1. The maximum Gasteiger partial charge on any atom is 0.339 e. The Morgan fingerprint density at radius 2 is 2.27 bits per heavy atom. The minimum absolute atomic E-state index is 0.0337. The Bertz CT molecular complexity index is 397. The molecule has 3 nitrogen and oxygen atoms in total. The number of esters is 1. The van der Waals surface area contributed by atoms with Crippen molar-refractivity contribution in [2.24, 2.45) is 0 Å². The Kier molecular flexibility index (Phi) is 4.07. The summed E-state index contributed by atoms with van der Waals surface area (Å²) in [7, 11) is 1.09. The van der Waals surface area contributed by atoms with E-state index in [-0.39, 0.29) is 15.1 Å². The fourth-order valence-electron chi connectivity index (χ4n) is 1.02. The van der Waals surface area contributed by atoms with E-state index in [0.717, 1.165) is 7.11 Å². The first-order chi connectivity index (χ1) is 6.99. The molecule has 0 saturated carbocycles. The topological polar surface area (TPSA) is 46.5 Å². The van der Waals surface area contributed by atoms with E-state index in [9.17, 15) is 14.3 Å². The molecule has 0 heterocycles. The third-order valence-corrected chi connectivity index (χ3v) is 2.72. The van der Waals surface area contributed by atoms with Gasteiger partial charge in [0.05, 0.1) is 11.6 Å². The number of aliphatic hydroxyl groups excluding tert-OH is 1. The van der Waals surface area contributed by atoms with Gasteiger partial charge in [-0.25, -0.2) is 9.18 Å². The van der Waals surface area contributed by atoms with Crippen molar-refractivity contribution in [3.05, 3.63) is 33.0 Å². The van der Waals surface area contributed by atoms with Crippen LogP contribution in [0.2, 0.25) is 5.02 Å². The summed E-state index contributed by atoms with van der Waals surface area (Å²) >= 11 is 8.59. The fourth-order valence-corrected chi connectivity index (χ4v) is 1.62. The average Bonchev–Trinajstić information content (AvgIpc) is 2.22. The molecule has 0 fully saturated rings. The Labute approximate surface area is 98.9 Å². The van der Waals surface area contributed by atoms with Crippen molar-refractivity contribution in [2.75, 3.05) is 7.11 Å². The van der Waals surface area contributed by atoms with Crippen molar-refractivity contribution in [1.82, 2.24) is 0 Å². The normalized spacial score (nSPS) is 12.3. The van der Waals surface area contributed by atoms with Crippen molar-refractivity contribution >= 4 is 33.5 Å². The Morgan fingerprint density at radius 3 is 2.80 bits per heavy atom. The molecule has 0 radical (unpaired) electrons. The quantitative estimate of drug-likeness (QED) is 0.674. The number of rotatable bonds is 2. The molecule has 1 aromatic carbocycles. The molecule has 0 aromatic heterocycles. The summed E-state index contributed by atoms with van der Waals surface area (Å²) in [5.41, 5.74) is -0.294. The molecule has 1 aromatic rings. The van der Waals surface area contributed by atoms with Crippen molar-refractivity contribution < 1.29 is 19.0 Å². The van der Waals surface area contributed by atoms with Gasteiger partial charge in [-0.05, 0) is 28.1 Å². The summed E-state index contributed by atoms with van der Waals surface area (Å²) < 4.78 is 17.9. The lowest BCUT2D eigenvalue weighted by Crippen LogP contribution is -2.15. The minimum Gasteiger partial charge on any atom is -0.467 e. The summed E-state index contributed by atoms with van der Waals surface area (Å²) in [6.07, 6.45) is -1.72. The van der Waals surface area contributed by atoms with E-state index in [0.29, 0.717) is 0 Å². The van der Waals surface area contributed by atoms with E-state index in [1.807, 2.05) is 0 Å². The Balaban J connectivity index is 3.24. The predicted molar refractivity (Wildman–Crippen MR) is 56.1 cm³/mol. The summed E-state index contributed by atoms with van der Waals surface area (Å²) in [6, 6.07) is 2.75. The molecule has 1 N–H and O–H groups in total. The molecule has 6 heteroatoms. The van der Waals surface area contributed by atoms with Gasteiger partial charge >= 0.3 is 5.97 Å². The predicted octanol–water partition coefficient (Wildman–Crippen LogP) is 2.45. The smallest absolute Gasteiger partial charge is 0.339 e. The first-order valence-corrected chi connectivity index (χ1v) is 5.05. The molecular formula is C9H7BrClFO3. The van der Waals surface area contributed by atoms with Crippen LogP contribution in [0, 0.1) is 5.82 Å². The second-order valence-electron chi connectivity index (χ2n) is 2.68. The zero-order chi connectivity index (χ0) is 11.6. The second kappa shape index (κ2) is 4.92. The van der Waals surface area contributed by atoms with E-state index in [1.165, 1.54) is 12.1 Å². The van der Waals surface area contributed by atoms with Gasteiger partial charge in [-0.15, -0.1) is 0 Å². The van der Waals surface area contributed by atoms with Crippen LogP contribution in [-0.2, 0) is 9.53 Å². The molecule has 0 amide bonds. The number of carbonyl (C=O) groups excluding carboxylic acids is 1. The standard InChI is InChI=1S/C9H7BrClFO3/c1-15-9(14)8(13)6-5(11)3-2-4(10)7(6)12/h2-3,8,13H,1H3. The van der Waals surface area contributed by atoms with E-state index in [1.54, 1.807) is 0 Å². The Morgan fingerprint density at radius 1 is 1.67 bits per heavy atom. The zero-order valence-electron chi connectivity index (χ0n) is 7.63. The van der Waals surface area contributed by atoms with Crippen molar-refractivity contribution in [3.8, 4) is 0 Å². The van der Waals surface area contributed by atoms with Crippen LogP contribution in [0.25, 0.3) is 0 Å². The highest BCUT2D eigenvalue weighted by Crippen LogP contribution is 2.31. The summed E-state index contributed by atoms with van der Waals surface area (Å²) in [4.78, 5) is 11.0. The van der Waals surface area contributed by atoms with Crippen LogP contribution in [-0.4, -0.2) is 18.2 Å². The average molecular weight is 298 g/mol. The molecule has 0 aliphatic rings. The van der Waals surface area contributed by atoms with E-state index >= 15 is 0 Å². The number of benzene rings is 1. The molecule has 15 heavy (non-hydrogen) atoms. The molecule has 0 aliphatic carbocycles. The molecule has 1 rings (SSSR count). The van der Waals surface area contributed by atoms with Gasteiger partial charge in [-0.2, -0.15) is 0 Å². The maximum absolute atomic E-state index is 13.5. The highest BCUT2D eigenvalue weighted by atomic mass is 79.9. The van der Waals surface area contributed by atoms with Crippen LogP contribution >= 0.6 is 27.5 Å². The van der Waals surface area contributed by atoms with Crippen LogP contribution in [0.1, 0.15) is 11.7 Å². The molecular weight excluding hydrogens is 290 g/mol. The highest BCUT2D eigenvalue weighted by Gasteiger charge is 2.25. The maximum atomic E-state index is 13.5. The molecule has 0 spiro atoms. The van der Waals surface area contributed by atoms with E-state index in [4.69, 9.17) is 11.6 Å². The number of ether oxygens (including phenoxy) is 1. The molecule has 82 valence electrons. The van der Waals surface area contributed by atoms with Gasteiger partial charge in [-0.3, -0.25) is 0 Å². The van der Waals surface area contributed by atoms with E-state index < -0.39 is 17.9 Å². The number of carbonyl (C=O) groups is 1. The first-order valence-electron chi connectivity index (χ1n) is 3.88. The van der Waals surface area contributed by atoms with Crippen molar-refractivity contribution in [3.63, 3.8) is 0 Å². The van der Waals surface area contributed by atoms with Crippen LogP contribution in [0.15, 0.2) is 16.6 Å². The summed E-state index contributed by atoms with van der Waals surface area (Å²) in [6.45, 7) is 0. The molecule has 0 bridgehead atoms. The number of hydrogen-bond donors (Lipinski definition) is 1. The van der Waals surface area contributed by atoms with Crippen molar-refractivity contribution in [2.45, 2.75) is 6.10 Å². The third kappa shape index (κ3) is 2.48. The molecule has 1 atom stereocenters. The Hall–Kier alpha value is -0.650. The molecule has 0 aliphatic heterocycles. The van der Waals surface area contributed by atoms with Gasteiger partial charge in [0.1, 0.15) is 5.82 Å². The fraction of sp³-hybridized carbons (Fsp3) is 0.222. The van der Waals surface area contributed by atoms with Gasteiger partial charge in [-0.1, -0.05) is 11.6 Å². The van der Waals surface area contributed by atoms with Gasteiger partial charge in [0.25, 0.3) is 0 Å². The number of methoxy groups -OCH3 is 1. The first kappa shape index (κ1) is 12.4. The summed E-state index contributed by atoms with van der Waals surface area (Å²) in [5.74, 6) is -1.74. The van der Waals surface area contributed by atoms with Crippen LogP contribution in [0.4, 0.5) is 4.39 Å². The van der Waals surface area contributed by atoms with Crippen molar-refractivity contribution in [1.29, 1.82) is 0 Å². The van der Waals surface area contributed by atoms with Crippen LogP contribution < -0.4 is 0 Å². The monoisotopic (exact) mass is 296 g/mol. The minimum atomic E-state index is -1.72. The molecule has 1 unspecified atom stereocenters. The highest BCUT2D eigenvalue weighted by molar-refractivity contribution is 9.10. The lowest BCUT2D eigenvalue weighted by molar-refractivity contribution is -0.150. The largest absolute Gasteiger partial charge is 0.467 e. The molecule has 0 saturated heterocycles. The van der Waals surface area contributed by atoms with Crippen LogP contribution in [0.3, 0.4) is 0 Å². The SMILES string of the molecule is COC(=O)C(O)c1c(Cl)ccc(Br)c1F. The zero-order valence-corrected chi connectivity index (χ0v) is 9.97.